The highest BCUT2D eigenvalue weighted by molar-refractivity contribution is 9.11. The number of benzene rings is 1. The van der Waals surface area contributed by atoms with Crippen LogP contribution in [-0.4, -0.2) is 25.0 Å². The van der Waals surface area contributed by atoms with Gasteiger partial charge < -0.3 is 10.1 Å². The number of esters is 1. The number of nitrogens with one attached hydrogen (secondary N) is 1. The van der Waals surface area contributed by atoms with Crippen LogP contribution in [0.25, 0.3) is 0 Å². The second kappa shape index (κ2) is 7.78. The van der Waals surface area contributed by atoms with Crippen molar-refractivity contribution in [3.8, 4) is 0 Å². The number of ether oxygens (including phenoxy) is 1. The lowest BCUT2D eigenvalue weighted by atomic mass is 9.99. The lowest BCUT2D eigenvalue weighted by Gasteiger charge is -2.21. The Labute approximate surface area is 135 Å². The van der Waals surface area contributed by atoms with Crippen LogP contribution in [0.5, 0.6) is 0 Å². The molecular formula is C14H17Br2NO3. The van der Waals surface area contributed by atoms with Gasteiger partial charge in [-0.25, -0.2) is 4.79 Å². The maximum absolute atomic E-state index is 12.2. The topological polar surface area (TPSA) is 55.4 Å². The van der Waals surface area contributed by atoms with Crippen LogP contribution in [0.3, 0.4) is 0 Å². The first kappa shape index (κ1) is 17.2. The molecule has 0 aliphatic carbocycles. The lowest BCUT2D eigenvalue weighted by Crippen LogP contribution is -2.45. The highest BCUT2D eigenvalue weighted by Gasteiger charge is 2.27. The predicted molar refractivity (Wildman–Crippen MR) is 84.6 cm³/mol. The molecule has 0 aliphatic rings. The maximum Gasteiger partial charge on any atom is 0.328 e. The largest absolute Gasteiger partial charge is 0.467 e. The summed E-state index contributed by atoms with van der Waals surface area (Å²) in [5, 5.41) is 2.73. The van der Waals surface area contributed by atoms with Crippen molar-refractivity contribution in [2.45, 2.75) is 26.3 Å². The van der Waals surface area contributed by atoms with Gasteiger partial charge in [-0.2, -0.15) is 0 Å². The van der Waals surface area contributed by atoms with E-state index < -0.39 is 12.0 Å². The Hall–Kier alpha value is -0.880. The summed E-state index contributed by atoms with van der Waals surface area (Å²) in [7, 11) is 1.32. The van der Waals surface area contributed by atoms with E-state index in [2.05, 4.69) is 37.2 Å². The highest BCUT2D eigenvalue weighted by Crippen LogP contribution is 2.20. The number of amides is 1. The van der Waals surface area contributed by atoms with Gasteiger partial charge in [-0.05, 0) is 24.1 Å². The fourth-order valence-electron chi connectivity index (χ4n) is 1.71. The van der Waals surface area contributed by atoms with Crippen LogP contribution in [0, 0.1) is 5.92 Å². The molecule has 0 unspecified atom stereocenters. The standard InChI is InChI=1S/C14H17Br2NO3/c1-4-8(2)12(14(19)20-3)17-13(18)9-5-10(15)7-11(16)6-9/h5-8,12H,4H2,1-3H3,(H,17,18)/t8-,12+/m0/s1. The zero-order valence-electron chi connectivity index (χ0n) is 11.6. The minimum Gasteiger partial charge on any atom is -0.467 e. The van der Waals surface area contributed by atoms with Gasteiger partial charge in [0.05, 0.1) is 7.11 Å². The van der Waals surface area contributed by atoms with E-state index in [-0.39, 0.29) is 11.8 Å². The number of rotatable bonds is 5. The van der Waals surface area contributed by atoms with Gasteiger partial charge in [-0.3, -0.25) is 4.79 Å². The van der Waals surface area contributed by atoms with Crippen LogP contribution >= 0.6 is 31.9 Å². The molecule has 0 fully saturated rings. The molecule has 0 saturated carbocycles. The second-order valence-electron chi connectivity index (χ2n) is 4.52. The Bertz CT molecular complexity index is 485. The van der Waals surface area contributed by atoms with Crippen LogP contribution in [0.2, 0.25) is 0 Å². The number of carbonyl (C=O) groups is 2. The average molecular weight is 407 g/mol. The summed E-state index contributed by atoms with van der Waals surface area (Å²) >= 11 is 6.66. The molecule has 20 heavy (non-hydrogen) atoms. The SMILES string of the molecule is CC[C@H](C)[C@@H](NC(=O)c1cc(Br)cc(Br)c1)C(=O)OC. The van der Waals surface area contributed by atoms with Gasteiger partial charge in [0.25, 0.3) is 5.91 Å². The molecule has 1 amide bonds. The molecule has 0 aliphatic heterocycles. The van der Waals surface area contributed by atoms with Crippen LogP contribution < -0.4 is 5.32 Å². The smallest absolute Gasteiger partial charge is 0.328 e. The van der Waals surface area contributed by atoms with E-state index in [1.807, 2.05) is 19.9 Å². The van der Waals surface area contributed by atoms with Crippen molar-refractivity contribution >= 4 is 43.7 Å². The molecule has 1 N–H and O–H groups in total. The molecule has 1 rings (SSSR count). The third-order valence-corrected chi connectivity index (χ3v) is 4.00. The van der Waals surface area contributed by atoms with Crippen molar-refractivity contribution < 1.29 is 14.3 Å². The van der Waals surface area contributed by atoms with Gasteiger partial charge in [0.15, 0.2) is 0 Å². The van der Waals surface area contributed by atoms with Crippen LogP contribution in [0.1, 0.15) is 30.6 Å². The monoisotopic (exact) mass is 405 g/mol. The summed E-state index contributed by atoms with van der Waals surface area (Å²) in [5.74, 6) is -0.730. The molecule has 0 saturated heterocycles. The van der Waals surface area contributed by atoms with E-state index in [4.69, 9.17) is 4.74 Å². The summed E-state index contributed by atoms with van der Waals surface area (Å²) in [6.07, 6.45) is 0.766. The number of halogens is 2. The fourth-order valence-corrected chi connectivity index (χ4v) is 3.00. The Morgan fingerprint density at radius 3 is 2.25 bits per heavy atom. The average Bonchev–Trinajstić information content (AvgIpc) is 2.41. The maximum atomic E-state index is 12.2. The molecule has 4 nitrogen and oxygen atoms in total. The normalized spacial score (nSPS) is 13.4. The van der Waals surface area contributed by atoms with Gasteiger partial charge in [0, 0.05) is 14.5 Å². The van der Waals surface area contributed by atoms with E-state index >= 15 is 0 Å². The molecule has 0 spiro atoms. The van der Waals surface area contributed by atoms with Crippen molar-refractivity contribution in [3.63, 3.8) is 0 Å². The molecular weight excluding hydrogens is 390 g/mol. The number of methoxy groups -OCH3 is 1. The predicted octanol–water partition coefficient (Wildman–Crippen LogP) is 3.53. The number of carbonyl (C=O) groups excluding carboxylic acids is 2. The molecule has 2 atom stereocenters. The third-order valence-electron chi connectivity index (χ3n) is 3.08. The zero-order valence-corrected chi connectivity index (χ0v) is 14.7. The summed E-state index contributed by atoms with van der Waals surface area (Å²) < 4.78 is 6.32. The van der Waals surface area contributed by atoms with E-state index in [1.54, 1.807) is 12.1 Å². The molecule has 110 valence electrons. The van der Waals surface area contributed by atoms with E-state index in [1.165, 1.54) is 7.11 Å². The van der Waals surface area contributed by atoms with Crippen LogP contribution in [0.15, 0.2) is 27.1 Å². The number of hydrogen-bond acceptors (Lipinski definition) is 3. The molecule has 0 bridgehead atoms. The minimum absolute atomic E-state index is 0.00185. The molecule has 0 heterocycles. The lowest BCUT2D eigenvalue weighted by molar-refractivity contribution is -0.144. The van der Waals surface area contributed by atoms with Gasteiger partial charge in [0.1, 0.15) is 6.04 Å². The molecule has 1 aromatic rings. The van der Waals surface area contributed by atoms with Crippen LogP contribution in [-0.2, 0) is 9.53 Å². The van der Waals surface area contributed by atoms with Gasteiger partial charge in [0.2, 0.25) is 0 Å². The van der Waals surface area contributed by atoms with Crippen LogP contribution in [0.4, 0.5) is 0 Å². The van der Waals surface area contributed by atoms with E-state index in [0.29, 0.717) is 5.56 Å². The van der Waals surface area contributed by atoms with Crippen molar-refractivity contribution in [3.05, 3.63) is 32.7 Å². The van der Waals surface area contributed by atoms with Crippen molar-refractivity contribution in [1.29, 1.82) is 0 Å². The molecule has 0 aromatic heterocycles. The van der Waals surface area contributed by atoms with E-state index in [0.717, 1.165) is 15.4 Å². The summed E-state index contributed by atoms with van der Waals surface area (Å²) in [6, 6.07) is 4.59. The summed E-state index contributed by atoms with van der Waals surface area (Å²) in [6.45, 7) is 3.86. The van der Waals surface area contributed by atoms with E-state index in [9.17, 15) is 9.59 Å². The third kappa shape index (κ3) is 4.59. The summed E-state index contributed by atoms with van der Waals surface area (Å²) in [5.41, 5.74) is 0.475. The van der Waals surface area contributed by atoms with Gasteiger partial charge in [-0.1, -0.05) is 52.1 Å². The number of hydrogen-bond donors (Lipinski definition) is 1. The van der Waals surface area contributed by atoms with Gasteiger partial charge in [-0.15, -0.1) is 0 Å². The fraction of sp³-hybridized carbons (Fsp3) is 0.429. The van der Waals surface area contributed by atoms with Crippen molar-refractivity contribution in [1.82, 2.24) is 5.32 Å². The van der Waals surface area contributed by atoms with Crippen molar-refractivity contribution in [2.75, 3.05) is 7.11 Å². The minimum atomic E-state index is -0.643. The Morgan fingerprint density at radius 1 is 1.25 bits per heavy atom. The summed E-state index contributed by atoms with van der Waals surface area (Å²) in [4.78, 5) is 24.0. The Kier molecular flexibility index (Phi) is 6.68. The Morgan fingerprint density at radius 2 is 1.80 bits per heavy atom. The second-order valence-corrected chi connectivity index (χ2v) is 6.35. The molecule has 0 radical (unpaired) electrons. The first-order valence-corrected chi connectivity index (χ1v) is 7.82. The highest BCUT2D eigenvalue weighted by atomic mass is 79.9. The van der Waals surface area contributed by atoms with Gasteiger partial charge >= 0.3 is 5.97 Å². The Balaban J connectivity index is 2.93. The van der Waals surface area contributed by atoms with Crippen molar-refractivity contribution in [2.24, 2.45) is 5.92 Å². The molecule has 6 heteroatoms. The zero-order chi connectivity index (χ0) is 15.3. The molecule has 1 aromatic carbocycles. The first-order valence-electron chi connectivity index (χ1n) is 6.23. The first-order chi connectivity index (χ1) is 9.38. The quantitative estimate of drug-likeness (QED) is 0.761.